The highest BCUT2D eigenvalue weighted by molar-refractivity contribution is 9.10. The molecule has 5 nitrogen and oxygen atoms in total. The van der Waals surface area contributed by atoms with Gasteiger partial charge in [-0.15, -0.1) is 0 Å². The fourth-order valence-corrected chi connectivity index (χ4v) is 2.34. The summed E-state index contributed by atoms with van der Waals surface area (Å²) in [6.45, 7) is 5.49. The van der Waals surface area contributed by atoms with E-state index in [0.29, 0.717) is 5.69 Å². The molecule has 0 bridgehead atoms. The third-order valence-corrected chi connectivity index (χ3v) is 3.29. The van der Waals surface area contributed by atoms with Gasteiger partial charge in [-0.3, -0.25) is 4.79 Å². The first kappa shape index (κ1) is 15.5. The normalized spacial score (nSPS) is 11.8. The number of benzene rings is 1. The van der Waals surface area contributed by atoms with Crippen molar-refractivity contribution in [2.24, 2.45) is 5.92 Å². The summed E-state index contributed by atoms with van der Waals surface area (Å²) in [4.78, 5) is 22.3. The van der Waals surface area contributed by atoms with Crippen LogP contribution in [0.4, 0.5) is 10.5 Å². The molecule has 6 heteroatoms. The lowest BCUT2D eigenvalue weighted by Crippen LogP contribution is -2.34. The predicted octanol–water partition coefficient (Wildman–Crippen LogP) is 2.91. The predicted molar refractivity (Wildman–Crippen MR) is 77.4 cm³/mol. The van der Waals surface area contributed by atoms with E-state index in [-0.39, 0.29) is 6.54 Å². The molecule has 1 rings (SSSR count). The number of amides is 2. The molecule has 1 aromatic carbocycles. The highest BCUT2D eigenvalue weighted by Gasteiger charge is 2.13. The molecule has 1 atom stereocenters. The number of carbonyl (C=O) groups is 2. The van der Waals surface area contributed by atoms with Crippen molar-refractivity contribution in [3.8, 4) is 0 Å². The van der Waals surface area contributed by atoms with E-state index in [4.69, 9.17) is 5.11 Å². The van der Waals surface area contributed by atoms with Gasteiger partial charge in [-0.25, -0.2) is 4.79 Å². The van der Waals surface area contributed by atoms with Gasteiger partial charge in [0.1, 0.15) is 0 Å². The minimum Gasteiger partial charge on any atom is -0.481 e. The van der Waals surface area contributed by atoms with E-state index in [1.165, 1.54) is 6.92 Å². The second-order valence-electron chi connectivity index (χ2n) is 4.51. The van der Waals surface area contributed by atoms with Crippen molar-refractivity contribution in [2.75, 3.05) is 11.9 Å². The standard InChI is InChI=1S/C13H17BrN2O3/c1-7-4-8(2)11(10(14)5-7)16-13(19)15-6-9(3)12(17)18/h4-5,9H,6H2,1-3H3,(H,17,18)(H2,15,16,19). The quantitative estimate of drug-likeness (QED) is 0.795. The van der Waals surface area contributed by atoms with Crippen LogP contribution in [0.1, 0.15) is 18.1 Å². The maximum absolute atomic E-state index is 11.7. The minimum atomic E-state index is -0.937. The Morgan fingerprint density at radius 2 is 2.00 bits per heavy atom. The van der Waals surface area contributed by atoms with Crippen molar-refractivity contribution in [1.82, 2.24) is 5.32 Å². The largest absolute Gasteiger partial charge is 0.481 e. The first-order valence-corrected chi connectivity index (χ1v) is 6.65. The highest BCUT2D eigenvalue weighted by atomic mass is 79.9. The molecule has 0 aliphatic rings. The van der Waals surface area contributed by atoms with Crippen LogP contribution in [0.2, 0.25) is 0 Å². The molecule has 0 saturated heterocycles. The minimum absolute atomic E-state index is 0.0870. The lowest BCUT2D eigenvalue weighted by molar-refractivity contribution is -0.140. The van der Waals surface area contributed by atoms with Gasteiger partial charge in [-0.1, -0.05) is 13.0 Å². The molecule has 0 aliphatic heterocycles. The second-order valence-corrected chi connectivity index (χ2v) is 5.37. The van der Waals surface area contributed by atoms with Gasteiger partial charge in [0.25, 0.3) is 0 Å². The van der Waals surface area contributed by atoms with Crippen LogP contribution in [-0.4, -0.2) is 23.7 Å². The molecule has 19 heavy (non-hydrogen) atoms. The van der Waals surface area contributed by atoms with Crippen molar-refractivity contribution < 1.29 is 14.7 Å². The summed E-state index contributed by atoms with van der Waals surface area (Å²) < 4.78 is 0.798. The molecule has 0 saturated carbocycles. The Kier molecular flexibility index (Phi) is 5.35. The lowest BCUT2D eigenvalue weighted by atomic mass is 10.1. The number of nitrogens with one attached hydrogen (secondary N) is 2. The van der Waals surface area contributed by atoms with Crippen molar-refractivity contribution >= 4 is 33.6 Å². The molecule has 1 aromatic rings. The first-order valence-electron chi connectivity index (χ1n) is 5.85. The van der Waals surface area contributed by atoms with E-state index in [2.05, 4.69) is 26.6 Å². The second kappa shape index (κ2) is 6.56. The number of carbonyl (C=O) groups excluding carboxylic acids is 1. The molecule has 104 valence electrons. The van der Waals surface area contributed by atoms with E-state index >= 15 is 0 Å². The summed E-state index contributed by atoms with van der Waals surface area (Å²) in [5, 5.41) is 14.0. The fraction of sp³-hybridized carbons (Fsp3) is 0.385. The average molecular weight is 329 g/mol. The van der Waals surface area contributed by atoms with Gasteiger partial charge in [-0.2, -0.15) is 0 Å². The van der Waals surface area contributed by atoms with Crippen molar-refractivity contribution in [2.45, 2.75) is 20.8 Å². The Bertz CT molecular complexity index is 480. The van der Waals surface area contributed by atoms with Gasteiger partial charge in [0.15, 0.2) is 0 Å². The van der Waals surface area contributed by atoms with Crippen LogP contribution in [0.15, 0.2) is 16.6 Å². The molecule has 2 amide bonds. The third kappa shape index (κ3) is 4.55. The summed E-state index contributed by atoms with van der Waals surface area (Å²) in [6.07, 6.45) is 0. The topological polar surface area (TPSA) is 78.4 Å². The van der Waals surface area contributed by atoms with Gasteiger partial charge < -0.3 is 15.7 Å². The summed E-state index contributed by atoms with van der Waals surface area (Å²) >= 11 is 3.39. The Balaban J connectivity index is 2.65. The first-order chi connectivity index (χ1) is 8.81. The number of carboxylic acid groups (broad SMARTS) is 1. The number of hydrogen-bond acceptors (Lipinski definition) is 2. The molecule has 0 heterocycles. The molecule has 0 radical (unpaired) electrons. The van der Waals surface area contributed by atoms with Crippen LogP contribution in [0.25, 0.3) is 0 Å². The van der Waals surface area contributed by atoms with Gasteiger partial charge >= 0.3 is 12.0 Å². The summed E-state index contributed by atoms with van der Waals surface area (Å²) in [7, 11) is 0. The Morgan fingerprint density at radius 1 is 1.37 bits per heavy atom. The zero-order valence-corrected chi connectivity index (χ0v) is 12.7. The fourth-order valence-electron chi connectivity index (χ4n) is 1.56. The van der Waals surface area contributed by atoms with E-state index < -0.39 is 17.9 Å². The number of aryl methyl sites for hydroxylation is 2. The maximum atomic E-state index is 11.7. The van der Waals surface area contributed by atoms with Crippen LogP contribution in [0.3, 0.4) is 0 Å². The molecule has 0 aromatic heterocycles. The van der Waals surface area contributed by atoms with Gasteiger partial charge in [0.05, 0.1) is 11.6 Å². The number of rotatable bonds is 4. The van der Waals surface area contributed by atoms with E-state index in [0.717, 1.165) is 15.6 Å². The number of halogens is 1. The van der Waals surface area contributed by atoms with Crippen molar-refractivity contribution in [3.63, 3.8) is 0 Å². The molecule has 0 fully saturated rings. The van der Waals surface area contributed by atoms with Crippen molar-refractivity contribution in [1.29, 1.82) is 0 Å². The van der Waals surface area contributed by atoms with Gasteiger partial charge in [0, 0.05) is 11.0 Å². The number of urea groups is 1. The van der Waals surface area contributed by atoms with Gasteiger partial charge in [0.2, 0.25) is 0 Å². The van der Waals surface area contributed by atoms with Crippen LogP contribution < -0.4 is 10.6 Å². The van der Waals surface area contributed by atoms with Crippen LogP contribution >= 0.6 is 15.9 Å². The zero-order chi connectivity index (χ0) is 14.6. The van der Waals surface area contributed by atoms with E-state index in [1.807, 2.05) is 26.0 Å². The molecule has 3 N–H and O–H groups in total. The SMILES string of the molecule is Cc1cc(C)c(NC(=O)NCC(C)C(=O)O)c(Br)c1. The molecule has 0 spiro atoms. The number of carboxylic acids is 1. The Hall–Kier alpha value is -1.56. The van der Waals surface area contributed by atoms with Crippen LogP contribution in [-0.2, 0) is 4.79 Å². The highest BCUT2D eigenvalue weighted by Crippen LogP contribution is 2.27. The smallest absolute Gasteiger partial charge is 0.319 e. The summed E-state index contributed by atoms with van der Waals surface area (Å²) in [5.74, 6) is -1.55. The number of hydrogen-bond donors (Lipinski definition) is 3. The molecule has 1 unspecified atom stereocenters. The number of aliphatic carboxylic acids is 1. The molecule has 0 aliphatic carbocycles. The third-order valence-electron chi connectivity index (χ3n) is 2.66. The Labute approximate surface area is 120 Å². The van der Waals surface area contributed by atoms with Crippen LogP contribution in [0, 0.1) is 19.8 Å². The maximum Gasteiger partial charge on any atom is 0.319 e. The van der Waals surface area contributed by atoms with Gasteiger partial charge in [-0.05, 0) is 47.0 Å². The number of anilines is 1. The average Bonchev–Trinajstić information content (AvgIpc) is 2.30. The van der Waals surface area contributed by atoms with Crippen molar-refractivity contribution in [3.05, 3.63) is 27.7 Å². The monoisotopic (exact) mass is 328 g/mol. The summed E-state index contributed by atoms with van der Waals surface area (Å²) in [5.41, 5.74) is 2.72. The zero-order valence-electron chi connectivity index (χ0n) is 11.1. The van der Waals surface area contributed by atoms with E-state index in [9.17, 15) is 9.59 Å². The molecular weight excluding hydrogens is 312 g/mol. The Morgan fingerprint density at radius 3 is 2.53 bits per heavy atom. The van der Waals surface area contributed by atoms with Crippen LogP contribution in [0.5, 0.6) is 0 Å². The summed E-state index contributed by atoms with van der Waals surface area (Å²) in [6, 6.07) is 3.45. The lowest BCUT2D eigenvalue weighted by Gasteiger charge is -2.13. The molecular formula is C13H17BrN2O3. The van der Waals surface area contributed by atoms with E-state index in [1.54, 1.807) is 0 Å².